The predicted molar refractivity (Wildman–Crippen MR) is 78.9 cm³/mol. The lowest BCUT2D eigenvalue weighted by molar-refractivity contribution is 0.209. The maximum atomic E-state index is 5.67. The summed E-state index contributed by atoms with van der Waals surface area (Å²) in [4.78, 5) is 9.32. The van der Waals surface area contributed by atoms with E-state index in [9.17, 15) is 0 Å². The lowest BCUT2D eigenvalue weighted by Crippen LogP contribution is -2.49. The topological polar surface area (TPSA) is 28.6 Å². The highest BCUT2D eigenvalue weighted by molar-refractivity contribution is 5.44. The lowest BCUT2D eigenvalue weighted by atomic mass is 10.2. The Balaban J connectivity index is 1.95. The molecule has 4 nitrogen and oxygen atoms in total. The summed E-state index contributed by atoms with van der Waals surface area (Å²) in [5.74, 6) is 1.97. The third kappa shape index (κ3) is 3.83. The van der Waals surface area contributed by atoms with Crippen molar-refractivity contribution in [2.45, 2.75) is 33.2 Å². The molecule has 1 aromatic rings. The molecule has 0 N–H and O–H groups in total. The average molecular weight is 263 g/mol. The van der Waals surface area contributed by atoms with Crippen molar-refractivity contribution in [3.63, 3.8) is 0 Å². The smallest absolute Gasteiger partial charge is 0.132 e. The van der Waals surface area contributed by atoms with Gasteiger partial charge in [0.05, 0.1) is 6.61 Å². The molecule has 19 heavy (non-hydrogen) atoms. The Morgan fingerprint density at radius 3 is 2.63 bits per heavy atom. The maximum absolute atomic E-state index is 5.67. The van der Waals surface area contributed by atoms with Crippen LogP contribution >= 0.6 is 0 Å². The van der Waals surface area contributed by atoms with Crippen molar-refractivity contribution in [1.82, 2.24) is 9.88 Å². The molecule has 1 fully saturated rings. The van der Waals surface area contributed by atoms with E-state index in [1.165, 1.54) is 0 Å². The molecular formula is C15H25N3O. The number of rotatable bonds is 5. The second-order valence-electron chi connectivity index (χ2n) is 5.31. The number of nitrogens with zero attached hydrogens (tertiary/aromatic N) is 3. The van der Waals surface area contributed by atoms with Crippen LogP contribution in [0, 0.1) is 0 Å². The number of piperazine rings is 1. The minimum atomic E-state index is 0.634. The van der Waals surface area contributed by atoms with Crippen molar-refractivity contribution in [2.24, 2.45) is 0 Å². The fourth-order valence-electron chi connectivity index (χ4n) is 2.35. The molecule has 2 heterocycles. The van der Waals surface area contributed by atoms with Crippen molar-refractivity contribution < 1.29 is 4.74 Å². The van der Waals surface area contributed by atoms with Gasteiger partial charge in [-0.15, -0.1) is 0 Å². The first-order valence-corrected chi connectivity index (χ1v) is 7.28. The van der Waals surface area contributed by atoms with E-state index >= 15 is 0 Å². The third-order valence-electron chi connectivity index (χ3n) is 3.56. The Morgan fingerprint density at radius 1 is 1.26 bits per heavy atom. The summed E-state index contributed by atoms with van der Waals surface area (Å²) in [5.41, 5.74) is 0. The molecule has 106 valence electrons. The summed E-state index contributed by atoms with van der Waals surface area (Å²) in [7, 11) is 0. The molecule has 0 unspecified atom stereocenters. The Hall–Kier alpha value is -1.29. The van der Waals surface area contributed by atoms with E-state index in [4.69, 9.17) is 4.74 Å². The van der Waals surface area contributed by atoms with Crippen LogP contribution < -0.4 is 9.64 Å². The minimum absolute atomic E-state index is 0.634. The molecule has 4 heteroatoms. The Labute approximate surface area is 116 Å². The third-order valence-corrected chi connectivity index (χ3v) is 3.56. The molecular weight excluding hydrogens is 238 g/mol. The maximum Gasteiger partial charge on any atom is 0.132 e. The monoisotopic (exact) mass is 263 g/mol. The van der Waals surface area contributed by atoms with Crippen molar-refractivity contribution in [2.75, 3.05) is 37.7 Å². The summed E-state index contributed by atoms with van der Waals surface area (Å²) in [6.07, 6.45) is 2.87. The van der Waals surface area contributed by atoms with E-state index in [2.05, 4.69) is 41.6 Å². The quantitative estimate of drug-likeness (QED) is 0.815. The first-order chi connectivity index (χ1) is 9.20. The average Bonchev–Trinajstić information content (AvgIpc) is 2.45. The molecule has 1 aliphatic heterocycles. The van der Waals surface area contributed by atoms with Gasteiger partial charge >= 0.3 is 0 Å². The fourth-order valence-corrected chi connectivity index (χ4v) is 2.35. The predicted octanol–water partition coefficient (Wildman–Crippen LogP) is 2.40. The van der Waals surface area contributed by atoms with Gasteiger partial charge in [-0.25, -0.2) is 4.98 Å². The van der Waals surface area contributed by atoms with E-state index < -0.39 is 0 Å². The van der Waals surface area contributed by atoms with Crippen LogP contribution in [0.4, 0.5) is 5.82 Å². The molecule has 0 bridgehead atoms. The SMILES string of the molecule is CCCOc1ccnc(N2CCN(C(C)C)CC2)c1. The molecule has 0 radical (unpaired) electrons. The number of hydrogen-bond acceptors (Lipinski definition) is 4. The van der Waals surface area contributed by atoms with Gasteiger partial charge in [0.15, 0.2) is 0 Å². The first kappa shape index (κ1) is 14.1. The van der Waals surface area contributed by atoms with Gasteiger partial charge in [-0.3, -0.25) is 4.90 Å². The number of ether oxygens (including phenoxy) is 1. The minimum Gasteiger partial charge on any atom is -0.493 e. The Morgan fingerprint density at radius 2 is 2.00 bits per heavy atom. The lowest BCUT2D eigenvalue weighted by Gasteiger charge is -2.37. The second-order valence-corrected chi connectivity index (χ2v) is 5.31. The van der Waals surface area contributed by atoms with Gasteiger partial charge < -0.3 is 9.64 Å². The van der Waals surface area contributed by atoms with Crippen LogP contribution in [0.2, 0.25) is 0 Å². The molecule has 0 atom stereocenters. The van der Waals surface area contributed by atoms with Crippen LogP contribution in [0.5, 0.6) is 5.75 Å². The summed E-state index contributed by atoms with van der Waals surface area (Å²) in [6, 6.07) is 4.62. The molecule has 1 aromatic heterocycles. The number of pyridine rings is 1. The van der Waals surface area contributed by atoms with Crippen LogP contribution in [0.25, 0.3) is 0 Å². The molecule has 0 aromatic carbocycles. The number of aromatic nitrogens is 1. The zero-order chi connectivity index (χ0) is 13.7. The fraction of sp³-hybridized carbons (Fsp3) is 0.667. The molecule has 0 spiro atoms. The second kappa shape index (κ2) is 6.75. The molecule has 0 aliphatic carbocycles. The van der Waals surface area contributed by atoms with Crippen molar-refractivity contribution in [3.05, 3.63) is 18.3 Å². The van der Waals surface area contributed by atoms with Crippen LogP contribution in [0.15, 0.2) is 18.3 Å². The normalized spacial score (nSPS) is 16.9. The summed E-state index contributed by atoms with van der Waals surface area (Å²) >= 11 is 0. The van der Waals surface area contributed by atoms with E-state index in [0.29, 0.717) is 6.04 Å². The highest BCUT2D eigenvalue weighted by Gasteiger charge is 2.19. The van der Waals surface area contributed by atoms with E-state index in [1.807, 2.05) is 12.3 Å². The van der Waals surface area contributed by atoms with Gasteiger partial charge in [0.1, 0.15) is 11.6 Å². The Kier molecular flexibility index (Phi) is 5.02. The summed E-state index contributed by atoms with van der Waals surface area (Å²) in [6.45, 7) is 11.7. The van der Waals surface area contributed by atoms with E-state index in [1.54, 1.807) is 0 Å². The van der Waals surface area contributed by atoms with Gasteiger partial charge in [-0.1, -0.05) is 6.92 Å². The Bertz CT molecular complexity index is 387. The molecule has 2 rings (SSSR count). The van der Waals surface area contributed by atoms with Crippen LogP contribution in [-0.2, 0) is 0 Å². The largest absolute Gasteiger partial charge is 0.493 e. The zero-order valence-electron chi connectivity index (χ0n) is 12.3. The van der Waals surface area contributed by atoms with Gasteiger partial charge in [-0.05, 0) is 26.3 Å². The number of anilines is 1. The van der Waals surface area contributed by atoms with Crippen LogP contribution in [0.3, 0.4) is 0 Å². The summed E-state index contributed by atoms with van der Waals surface area (Å²) < 4.78 is 5.67. The highest BCUT2D eigenvalue weighted by atomic mass is 16.5. The zero-order valence-corrected chi connectivity index (χ0v) is 12.3. The van der Waals surface area contributed by atoms with Crippen molar-refractivity contribution >= 4 is 5.82 Å². The van der Waals surface area contributed by atoms with E-state index in [0.717, 1.165) is 50.8 Å². The molecule has 1 saturated heterocycles. The van der Waals surface area contributed by atoms with Crippen molar-refractivity contribution in [1.29, 1.82) is 0 Å². The standard InChI is InChI=1S/C15H25N3O/c1-4-11-19-14-5-6-16-15(12-14)18-9-7-17(8-10-18)13(2)3/h5-6,12-13H,4,7-11H2,1-3H3. The van der Waals surface area contributed by atoms with E-state index in [-0.39, 0.29) is 0 Å². The molecule has 1 aliphatic rings. The highest BCUT2D eigenvalue weighted by Crippen LogP contribution is 2.20. The van der Waals surface area contributed by atoms with Gasteiger partial charge in [-0.2, -0.15) is 0 Å². The van der Waals surface area contributed by atoms with Crippen LogP contribution in [0.1, 0.15) is 27.2 Å². The van der Waals surface area contributed by atoms with Gasteiger partial charge in [0.25, 0.3) is 0 Å². The van der Waals surface area contributed by atoms with Gasteiger partial charge in [0, 0.05) is 44.5 Å². The first-order valence-electron chi connectivity index (χ1n) is 7.28. The number of hydrogen-bond donors (Lipinski definition) is 0. The van der Waals surface area contributed by atoms with Crippen molar-refractivity contribution in [3.8, 4) is 5.75 Å². The molecule has 0 amide bonds. The van der Waals surface area contributed by atoms with Gasteiger partial charge in [0.2, 0.25) is 0 Å². The summed E-state index contributed by atoms with van der Waals surface area (Å²) in [5, 5.41) is 0. The molecule has 0 saturated carbocycles. The van der Waals surface area contributed by atoms with Crippen LogP contribution in [-0.4, -0.2) is 48.7 Å².